The summed E-state index contributed by atoms with van der Waals surface area (Å²) >= 11 is 0. The molecule has 0 spiro atoms. The molecule has 0 saturated carbocycles. The van der Waals surface area contributed by atoms with Crippen LogP contribution >= 0.6 is 12.4 Å². The van der Waals surface area contributed by atoms with Gasteiger partial charge in [0.2, 0.25) is 11.8 Å². The molecule has 130 valence electrons. The summed E-state index contributed by atoms with van der Waals surface area (Å²) in [5, 5.41) is 6.12. The quantitative estimate of drug-likeness (QED) is 0.889. The van der Waals surface area contributed by atoms with Gasteiger partial charge in [-0.05, 0) is 38.5 Å². The average molecular weight is 352 g/mol. The van der Waals surface area contributed by atoms with Crippen molar-refractivity contribution in [1.82, 2.24) is 10.3 Å². The van der Waals surface area contributed by atoms with Gasteiger partial charge in [0.25, 0.3) is 0 Å². The van der Waals surface area contributed by atoms with E-state index in [0.29, 0.717) is 24.7 Å². The number of nitrogens with one attached hydrogen (secondary N) is 2. The van der Waals surface area contributed by atoms with E-state index in [9.17, 15) is 4.79 Å². The molecule has 24 heavy (non-hydrogen) atoms. The lowest BCUT2D eigenvalue weighted by molar-refractivity contribution is -0.123. The predicted molar refractivity (Wildman–Crippen MR) is 94.5 cm³/mol. The van der Waals surface area contributed by atoms with E-state index in [1.54, 1.807) is 6.26 Å². The fraction of sp³-hybridized carbons (Fsp3) is 0.412. The third-order valence-corrected chi connectivity index (χ3v) is 3.95. The molecule has 3 rings (SSSR count). The first-order chi connectivity index (χ1) is 11.0. The molecule has 7 heteroatoms. The number of carbonyl (C=O) groups is 1. The second-order valence-electron chi connectivity index (χ2n) is 5.82. The molecule has 6 nitrogen and oxygen atoms in total. The Balaban J connectivity index is 0.00000208. The van der Waals surface area contributed by atoms with Gasteiger partial charge in [0.05, 0.1) is 18.4 Å². The average Bonchev–Trinajstić information content (AvgIpc) is 2.96. The standard InChI is InChI=1S/C17H21N3O3.ClH/c1-10-4-5-13(8-14(10)17-19-11(2)9-23-17)20-16(21)15-12(3)22-7-6-18-15;/h4-5,8-9,12,15,18H,6-7H2,1-3H3,(H,20,21);1H/t12-,15+;/m1./s1. The molecule has 2 N–H and O–H groups in total. The maximum Gasteiger partial charge on any atom is 0.244 e. The molecular formula is C17H22ClN3O3. The zero-order chi connectivity index (χ0) is 16.4. The Kier molecular flexibility index (Phi) is 5.99. The molecular weight excluding hydrogens is 330 g/mol. The number of oxazole rings is 1. The second kappa shape index (κ2) is 7.79. The van der Waals surface area contributed by atoms with Crippen LogP contribution in [0.25, 0.3) is 11.5 Å². The van der Waals surface area contributed by atoms with Crippen molar-refractivity contribution < 1.29 is 13.9 Å². The number of aromatic nitrogens is 1. The summed E-state index contributed by atoms with van der Waals surface area (Å²) < 4.78 is 11.0. The van der Waals surface area contributed by atoms with E-state index in [0.717, 1.165) is 16.8 Å². The number of rotatable bonds is 3. The van der Waals surface area contributed by atoms with Crippen LogP contribution in [0.5, 0.6) is 0 Å². The van der Waals surface area contributed by atoms with Crippen molar-refractivity contribution in [3.05, 3.63) is 35.7 Å². The summed E-state index contributed by atoms with van der Waals surface area (Å²) in [5.41, 5.74) is 3.45. The lowest BCUT2D eigenvalue weighted by Crippen LogP contribution is -2.53. The van der Waals surface area contributed by atoms with E-state index in [1.165, 1.54) is 0 Å². The summed E-state index contributed by atoms with van der Waals surface area (Å²) in [5.74, 6) is 0.458. The molecule has 1 amide bonds. The Labute approximate surface area is 147 Å². The second-order valence-corrected chi connectivity index (χ2v) is 5.82. The zero-order valence-corrected chi connectivity index (χ0v) is 14.8. The zero-order valence-electron chi connectivity index (χ0n) is 14.0. The Morgan fingerprint density at radius 3 is 2.83 bits per heavy atom. The van der Waals surface area contributed by atoms with Crippen LogP contribution < -0.4 is 10.6 Å². The number of halogens is 1. The molecule has 1 aliphatic heterocycles. The van der Waals surface area contributed by atoms with Crippen molar-refractivity contribution in [1.29, 1.82) is 0 Å². The van der Waals surface area contributed by atoms with Gasteiger partial charge >= 0.3 is 0 Å². The molecule has 1 saturated heterocycles. The monoisotopic (exact) mass is 351 g/mol. The Hall–Kier alpha value is -1.89. The molecule has 0 unspecified atom stereocenters. The van der Waals surface area contributed by atoms with E-state index in [2.05, 4.69) is 15.6 Å². The van der Waals surface area contributed by atoms with E-state index in [-0.39, 0.29) is 30.5 Å². The highest BCUT2D eigenvalue weighted by atomic mass is 35.5. The highest BCUT2D eigenvalue weighted by Gasteiger charge is 2.28. The van der Waals surface area contributed by atoms with Crippen LogP contribution in [0, 0.1) is 13.8 Å². The van der Waals surface area contributed by atoms with Gasteiger partial charge < -0.3 is 19.8 Å². The third kappa shape index (κ3) is 3.95. The van der Waals surface area contributed by atoms with Gasteiger partial charge in [0.15, 0.2) is 0 Å². The Bertz CT molecular complexity index is 717. The maximum atomic E-state index is 12.4. The van der Waals surface area contributed by atoms with Crippen molar-refractivity contribution in [3.63, 3.8) is 0 Å². The van der Waals surface area contributed by atoms with Crippen LogP contribution in [0.3, 0.4) is 0 Å². The van der Waals surface area contributed by atoms with Crippen LogP contribution in [-0.2, 0) is 9.53 Å². The number of ether oxygens (including phenoxy) is 1. The van der Waals surface area contributed by atoms with Gasteiger partial charge in [-0.1, -0.05) is 6.07 Å². The van der Waals surface area contributed by atoms with Crippen LogP contribution in [0.4, 0.5) is 5.69 Å². The van der Waals surface area contributed by atoms with Crippen molar-refractivity contribution in [3.8, 4) is 11.5 Å². The molecule has 2 atom stereocenters. The topological polar surface area (TPSA) is 76.4 Å². The fourth-order valence-electron chi connectivity index (χ4n) is 2.66. The number of aryl methyl sites for hydroxylation is 2. The summed E-state index contributed by atoms with van der Waals surface area (Å²) in [6.07, 6.45) is 1.47. The molecule has 1 aliphatic rings. The first kappa shape index (κ1) is 18.4. The largest absolute Gasteiger partial charge is 0.444 e. The molecule has 0 aliphatic carbocycles. The number of carbonyl (C=O) groups excluding carboxylic acids is 1. The fourth-order valence-corrected chi connectivity index (χ4v) is 2.66. The number of amides is 1. The molecule has 0 radical (unpaired) electrons. The molecule has 0 bridgehead atoms. The summed E-state index contributed by atoms with van der Waals surface area (Å²) in [6.45, 7) is 7.07. The minimum Gasteiger partial charge on any atom is -0.444 e. The summed E-state index contributed by atoms with van der Waals surface area (Å²) in [7, 11) is 0. The van der Waals surface area contributed by atoms with Crippen LogP contribution in [0.2, 0.25) is 0 Å². The number of morpholine rings is 1. The molecule has 2 heterocycles. The molecule has 1 aromatic carbocycles. The summed E-state index contributed by atoms with van der Waals surface area (Å²) in [4.78, 5) is 16.8. The van der Waals surface area contributed by atoms with Crippen molar-refractivity contribution >= 4 is 24.0 Å². The number of anilines is 1. The lowest BCUT2D eigenvalue weighted by Gasteiger charge is -2.29. The van der Waals surface area contributed by atoms with Gasteiger partial charge in [0, 0.05) is 17.8 Å². The van der Waals surface area contributed by atoms with E-state index < -0.39 is 0 Å². The predicted octanol–water partition coefficient (Wildman–Crippen LogP) is 2.70. The Morgan fingerprint density at radius 1 is 1.38 bits per heavy atom. The van der Waals surface area contributed by atoms with Gasteiger partial charge in [-0.15, -0.1) is 12.4 Å². The number of hydrogen-bond donors (Lipinski definition) is 2. The van der Waals surface area contributed by atoms with Crippen molar-refractivity contribution in [2.24, 2.45) is 0 Å². The molecule has 2 aromatic rings. The number of nitrogens with zero attached hydrogens (tertiary/aromatic N) is 1. The third-order valence-electron chi connectivity index (χ3n) is 3.95. The van der Waals surface area contributed by atoms with E-state index >= 15 is 0 Å². The molecule has 1 fully saturated rings. The molecule has 1 aromatic heterocycles. The van der Waals surface area contributed by atoms with E-state index in [4.69, 9.17) is 9.15 Å². The number of benzene rings is 1. The lowest BCUT2D eigenvalue weighted by atomic mass is 10.1. The smallest absolute Gasteiger partial charge is 0.244 e. The van der Waals surface area contributed by atoms with Crippen LogP contribution in [0.15, 0.2) is 28.9 Å². The van der Waals surface area contributed by atoms with Crippen LogP contribution in [-0.4, -0.2) is 36.2 Å². The minimum atomic E-state index is -0.350. The van der Waals surface area contributed by atoms with Crippen molar-refractivity contribution in [2.45, 2.75) is 32.9 Å². The maximum absolute atomic E-state index is 12.4. The summed E-state index contributed by atoms with van der Waals surface area (Å²) in [6, 6.07) is 5.35. The van der Waals surface area contributed by atoms with Gasteiger partial charge in [-0.25, -0.2) is 4.98 Å². The van der Waals surface area contributed by atoms with E-state index in [1.807, 2.05) is 39.0 Å². The first-order valence-electron chi connectivity index (χ1n) is 7.73. The normalized spacial score (nSPS) is 20.3. The van der Waals surface area contributed by atoms with Gasteiger partial charge in [-0.3, -0.25) is 4.79 Å². The number of hydrogen-bond acceptors (Lipinski definition) is 5. The SMILES string of the molecule is Cc1coc(-c2cc(NC(=O)[C@H]3NCCO[C@@H]3C)ccc2C)n1.Cl. The van der Waals surface area contributed by atoms with Gasteiger partial charge in [-0.2, -0.15) is 0 Å². The van der Waals surface area contributed by atoms with Crippen molar-refractivity contribution in [2.75, 3.05) is 18.5 Å². The highest BCUT2D eigenvalue weighted by Crippen LogP contribution is 2.26. The first-order valence-corrected chi connectivity index (χ1v) is 7.73. The Morgan fingerprint density at radius 2 is 2.17 bits per heavy atom. The highest BCUT2D eigenvalue weighted by molar-refractivity contribution is 5.95. The van der Waals surface area contributed by atoms with Gasteiger partial charge in [0.1, 0.15) is 12.3 Å². The van der Waals surface area contributed by atoms with Crippen LogP contribution in [0.1, 0.15) is 18.2 Å². The minimum absolute atomic E-state index is 0.